The normalized spacial score (nSPS) is 11.7. The number of urea groups is 1. The van der Waals surface area contributed by atoms with Crippen molar-refractivity contribution in [1.82, 2.24) is 10.2 Å². The third-order valence-corrected chi connectivity index (χ3v) is 3.51. The summed E-state index contributed by atoms with van der Waals surface area (Å²) in [5.74, 6) is 0. The fraction of sp³-hybridized carbons (Fsp3) is 0.278. The molecule has 116 valence electrons. The third kappa shape index (κ3) is 4.60. The Hall–Kier alpha value is -2.33. The van der Waals surface area contributed by atoms with Gasteiger partial charge in [-0.15, -0.1) is 0 Å². The van der Waals surface area contributed by atoms with Crippen LogP contribution >= 0.6 is 0 Å². The molecule has 22 heavy (non-hydrogen) atoms. The lowest BCUT2D eigenvalue weighted by Gasteiger charge is -2.25. The molecule has 0 saturated carbocycles. The average molecular weight is 298 g/mol. The molecule has 0 aromatic heterocycles. The zero-order chi connectivity index (χ0) is 15.8. The van der Waals surface area contributed by atoms with Crippen molar-refractivity contribution in [2.24, 2.45) is 0 Å². The Bertz CT molecular complexity index is 572. The number of carbonyl (C=O) groups excluding carboxylic acids is 1. The van der Waals surface area contributed by atoms with Crippen LogP contribution in [-0.4, -0.2) is 29.2 Å². The van der Waals surface area contributed by atoms with Crippen molar-refractivity contribution in [1.29, 1.82) is 0 Å². The highest BCUT2D eigenvalue weighted by Crippen LogP contribution is 2.12. The van der Waals surface area contributed by atoms with Gasteiger partial charge in [-0.05, 0) is 18.1 Å². The quantitative estimate of drug-likeness (QED) is 0.861. The van der Waals surface area contributed by atoms with Gasteiger partial charge in [-0.2, -0.15) is 0 Å². The second kappa shape index (κ2) is 8.20. The van der Waals surface area contributed by atoms with Crippen LogP contribution in [0.4, 0.5) is 4.79 Å². The molecule has 0 bridgehead atoms. The smallest absolute Gasteiger partial charge is 0.318 e. The summed E-state index contributed by atoms with van der Waals surface area (Å²) < 4.78 is 0. The molecule has 2 aromatic carbocycles. The van der Waals surface area contributed by atoms with Crippen LogP contribution in [0, 0.1) is 0 Å². The number of hydrogen-bond donors (Lipinski definition) is 2. The maximum atomic E-state index is 12.4. The van der Waals surface area contributed by atoms with Crippen molar-refractivity contribution in [2.75, 3.05) is 13.2 Å². The first-order valence-corrected chi connectivity index (χ1v) is 7.46. The minimum absolute atomic E-state index is 0.0556. The van der Waals surface area contributed by atoms with E-state index in [2.05, 4.69) is 5.32 Å². The zero-order valence-electron chi connectivity index (χ0n) is 12.8. The van der Waals surface area contributed by atoms with E-state index in [1.807, 2.05) is 67.6 Å². The van der Waals surface area contributed by atoms with Crippen molar-refractivity contribution >= 4 is 6.03 Å². The average Bonchev–Trinajstić information content (AvgIpc) is 2.56. The summed E-state index contributed by atoms with van der Waals surface area (Å²) in [7, 11) is 0. The summed E-state index contributed by atoms with van der Waals surface area (Å²) >= 11 is 0. The predicted octanol–water partition coefficient (Wildman–Crippen LogP) is 2.95. The second-order valence-corrected chi connectivity index (χ2v) is 5.21. The van der Waals surface area contributed by atoms with Gasteiger partial charge in [0.2, 0.25) is 0 Å². The van der Waals surface area contributed by atoms with Crippen LogP contribution in [0.5, 0.6) is 0 Å². The molecule has 2 rings (SSSR count). The van der Waals surface area contributed by atoms with E-state index in [1.54, 1.807) is 4.90 Å². The molecule has 0 saturated heterocycles. The van der Waals surface area contributed by atoms with Gasteiger partial charge in [0.15, 0.2) is 0 Å². The molecule has 0 radical (unpaired) electrons. The maximum Gasteiger partial charge on any atom is 0.318 e. The Labute approximate surface area is 131 Å². The first-order chi connectivity index (χ1) is 10.7. The Morgan fingerprint density at radius 3 is 2.27 bits per heavy atom. The van der Waals surface area contributed by atoms with Crippen molar-refractivity contribution in [2.45, 2.75) is 19.5 Å². The topological polar surface area (TPSA) is 52.6 Å². The highest BCUT2D eigenvalue weighted by atomic mass is 16.3. The number of benzene rings is 2. The fourth-order valence-corrected chi connectivity index (χ4v) is 2.28. The van der Waals surface area contributed by atoms with Gasteiger partial charge in [0.25, 0.3) is 0 Å². The summed E-state index contributed by atoms with van der Waals surface area (Å²) in [6.07, 6.45) is 0. The Balaban J connectivity index is 2.00. The van der Waals surface area contributed by atoms with E-state index in [0.29, 0.717) is 13.1 Å². The van der Waals surface area contributed by atoms with E-state index in [0.717, 1.165) is 11.1 Å². The predicted molar refractivity (Wildman–Crippen MR) is 87.3 cm³/mol. The molecular formula is C18H22N2O2. The standard InChI is InChI=1S/C18H22N2O2/c1-15(17-10-6-3-7-11-17)19-18(22)20(12-13-21)14-16-8-4-2-5-9-16/h2-11,15,21H,12-14H2,1H3,(H,19,22). The van der Waals surface area contributed by atoms with Gasteiger partial charge in [-0.3, -0.25) is 0 Å². The van der Waals surface area contributed by atoms with Crippen LogP contribution in [-0.2, 0) is 6.54 Å². The van der Waals surface area contributed by atoms with Crippen molar-refractivity contribution in [3.8, 4) is 0 Å². The van der Waals surface area contributed by atoms with Crippen molar-refractivity contribution < 1.29 is 9.90 Å². The van der Waals surface area contributed by atoms with Crippen LogP contribution in [0.15, 0.2) is 60.7 Å². The largest absolute Gasteiger partial charge is 0.395 e. The molecule has 4 heteroatoms. The number of aliphatic hydroxyl groups is 1. The summed E-state index contributed by atoms with van der Waals surface area (Å²) in [6.45, 7) is 2.68. The summed E-state index contributed by atoms with van der Waals surface area (Å²) in [6, 6.07) is 19.3. The third-order valence-electron chi connectivity index (χ3n) is 3.51. The van der Waals surface area contributed by atoms with E-state index in [-0.39, 0.29) is 18.7 Å². The van der Waals surface area contributed by atoms with E-state index in [1.165, 1.54) is 0 Å². The Morgan fingerprint density at radius 2 is 1.68 bits per heavy atom. The summed E-state index contributed by atoms with van der Waals surface area (Å²) in [4.78, 5) is 14.0. The highest BCUT2D eigenvalue weighted by molar-refractivity contribution is 5.74. The Morgan fingerprint density at radius 1 is 1.09 bits per heavy atom. The molecular weight excluding hydrogens is 276 g/mol. The zero-order valence-corrected chi connectivity index (χ0v) is 12.8. The van der Waals surface area contributed by atoms with Crippen LogP contribution in [0.25, 0.3) is 0 Å². The van der Waals surface area contributed by atoms with E-state index < -0.39 is 0 Å². The number of amides is 2. The van der Waals surface area contributed by atoms with Gasteiger partial charge in [0.05, 0.1) is 12.6 Å². The number of hydrogen-bond acceptors (Lipinski definition) is 2. The van der Waals surface area contributed by atoms with Crippen LogP contribution in [0.2, 0.25) is 0 Å². The molecule has 4 nitrogen and oxygen atoms in total. The number of nitrogens with zero attached hydrogens (tertiary/aromatic N) is 1. The fourth-order valence-electron chi connectivity index (χ4n) is 2.28. The van der Waals surface area contributed by atoms with Gasteiger partial charge in [0.1, 0.15) is 0 Å². The molecule has 1 atom stereocenters. The first kappa shape index (κ1) is 16.0. The molecule has 0 aliphatic heterocycles. The summed E-state index contributed by atoms with van der Waals surface area (Å²) in [5, 5.41) is 12.2. The van der Waals surface area contributed by atoms with Gasteiger partial charge >= 0.3 is 6.03 Å². The Kier molecular flexibility index (Phi) is 5.98. The molecule has 1 unspecified atom stereocenters. The minimum atomic E-state index is -0.172. The maximum absolute atomic E-state index is 12.4. The second-order valence-electron chi connectivity index (χ2n) is 5.21. The molecule has 2 amide bonds. The lowest BCUT2D eigenvalue weighted by atomic mass is 10.1. The van der Waals surface area contributed by atoms with Crippen molar-refractivity contribution in [3.63, 3.8) is 0 Å². The van der Waals surface area contributed by atoms with E-state index in [9.17, 15) is 9.90 Å². The highest BCUT2D eigenvalue weighted by Gasteiger charge is 2.16. The van der Waals surface area contributed by atoms with Crippen LogP contribution in [0.3, 0.4) is 0 Å². The molecule has 2 N–H and O–H groups in total. The SMILES string of the molecule is CC(NC(=O)N(CCO)Cc1ccccc1)c1ccccc1. The molecule has 0 aliphatic rings. The monoisotopic (exact) mass is 298 g/mol. The van der Waals surface area contributed by atoms with Crippen LogP contribution < -0.4 is 5.32 Å². The molecule has 0 spiro atoms. The summed E-state index contributed by atoms with van der Waals surface area (Å²) in [5.41, 5.74) is 2.10. The number of nitrogens with one attached hydrogen (secondary N) is 1. The molecule has 0 heterocycles. The number of aliphatic hydroxyl groups excluding tert-OH is 1. The van der Waals surface area contributed by atoms with Gasteiger partial charge in [-0.25, -0.2) is 4.79 Å². The van der Waals surface area contributed by atoms with Crippen molar-refractivity contribution in [3.05, 3.63) is 71.8 Å². The van der Waals surface area contributed by atoms with Gasteiger partial charge in [0, 0.05) is 13.1 Å². The lowest BCUT2D eigenvalue weighted by molar-refractivity contribution is 0.171. The molecule has 0 fully saturated rings. The van der Waals surface area contributed by atoms with E-state index >= 15 is 0 Å². The number of carbonyl (C=O) groups is 1. The lowest BCUT2D eigenvalue weighted by Crippen LogP contribution is -2.42. The molecule has 2 aromatic rings. The van der Waals surface area contributed by atoms with Gasteiger partial charge < -0.3 is 15.3 Å². The van der Waals surface area contributed by atoms with Gasteiger partial charge in [-0.1, -0.05) is 60.7 Å². The van der Waals surface area contributed by atoms with Crippen LogP contribution in [0.1, 0.15) is 24.1 Å². The molecule has 0 aliphatic carbocycles. The number of rotatable bonds is 6. The van der Waals surface area contributed by atoms with E-state index in [4.69, 9.17) is 0 Å². The minimum Gasteiger partial charge on any atom is -0.395 e. The first-order valence-electron chi connectivity index (χ1n) is 7.46.